The molecule has 0 aromatic carbocycles. The molecule has 0 amide bonds. The van der Waals surface area contributed by atoms with Gasteiger partial charge in [-0.05, 0) is 32.1 Å². The van der Waals surface area contributed by atoms with Gasteiger partial charge in [0.05, 0.1) is 6.20 Å². The van der Waals surface area contributed by atoms with Gasteiger partial charge < -0.3 is 10.3 Å². The van der Waals surface area contributed by atoms with Crippen molar-refractivity contribution in [2.24, 2.45) is 11.7 Å². The molecule has 1 aromatic rings. The summed E-state index contributed by atoms with van der Waals surface area (Å²) in [5, 5.41) is 0.278. The molecule has 0 bridgehead atoms. The van der Waals surface area contributed by atoms with Crippen LogP contribution in [0.15, 0.2) is 11.2 Å². The highest BCUT2D eigenvalue weighted by molar-refractivity contribution is 7.89. The maximum Gasteiger partial charge on any atom is 0.258 e. The summed E-state index contributed by atoms with van der Waals surface area (Å²) in [5.74, 6) is 1.22. The number of imidazole rings is 1. The fourth-order valence-corrected chi connectivity index (χ4v) is 4.46. The van der Waals surface area contributed by atoms with Gasteiger partial charge in [0.15, 0.2) is 5.03 Å². The SMILES string of the molecule is CC(CN)(NS(=O)(=O)c1cnc2n1CCC2)C1CC1. The van der Waals surface area contributed by atoms with Gasteiger partial charge in [-0.1, -0.05) is 0 Å². The minimum atomic E-state index is -3.55. The van der Waals surface area contributed by atoms with Gasteiger partial charge >= 0.3 is 0 Å². The van der Waals surface area contributed by atoms with Gasteiger partial charge in [0, 0.05) is 25.0 Å². The topological polar surface area (TPSA) is 90.0 Å². The Morgan fingerprint density at radius 3 is 2.95 bits per heavy atom. The number of aromatic nitrogens is 2. The highest BCUT2D eigenvalue weighted by Crippen LogP contribution is 2.39. The first-order chi connectivity index (χ1) is 8.96. The molecule has 3 rings (SSSR count). The molecule has 19 heavy (non-hydrogen) atoms. The van der Waals surface area contributed by atoms with Crippen LogP contribution in [0, 0.1) is 5.92 Å². The molecule has 0 saturated heterocycles. The summed E-state index contributed by atoms with van der Waals surface area (Å²) in [6, 6.07) is 0. The van der Waals surface area contributed by atoms with Crippen LogP contribution < -0.4 is 10.5 Å². The minimum absolute atomic E-state index is 0.278. The lowest BCUT2D eigenvalue weighted by Gasteiger charge is -2.29. The van der Waals surface area contributed by atoms with Crippen molar-refractivity contribution in [3.63, 3.8) is 0 Å². The third-order valence-electron chi connectivity index (χ3n) is 4.23. The first-order valence-electron chi connectivity index (χ1n) is 6.75. The quantitative estimate of drug-likeness (QED) is 0.810. The van der Waals surface area contributed by atoms with Gasteiger partial charge in [-0.15, -0.1) is 0 Å². The fraction of sp³-hybridized carbons (Fsp3) is 0.750. The van der Waals surface area contributed by atoms with Gasteiger partial charge in [-0.25, -0.2) is 18.1 Å². The van der Waals surface area contributed by atoms with E-state index in [0.29, 0.717) is 12.5 Å². The standard InChI is InChI=1S/C12H20N4O2S/c1-12(8-13,9-4-5-9)15-19(17,18)11-7-14-10-3-2-6-16(10)11/h7,9,15H,2-6,8,13H2,1H3. The number of sulfonamides is 1. The molecule has 0 spiro atoms. The molecular weight excluding hydrogens is 264 g/mol. The van der Waals surface area contributed by atoms with Crippen molar-refractivity contribution in [2.75, 3.05) is 6.54 Å². The number of hydrogen-bond donors (Lipinski definition) is 2. The second-order valence-electron chi connectivity index (χ2n) is 5.77. The van der Waals surface area contributed by atoms with E-state index >= 15 is 0 Å². The Kier molecular flexibility index (Phi) is 2.95. The van der Waals surface area contributed by atoms with E-state index in [1.165, 1.54) is 6.20 Å². The summed E-state index contributed by atoms with van der Waals surface area (Å²) >= 11 is 0. The molecule has 2 heterocycles. The second kappa shape index (κ2) is 4.29. The van der Waals surface area contributed by atoms with Crippen molar-refractivity contribution in [3.8, 4) is 0 Å². The van der Waals surface area contributed by atoms with Crippen LogP contribution >= 0.6 is 0 Å². The lowest BCUT2D eigenvalue weighted by molar-refractivity contribution is 0.372. The van der Waals surface area contributed by atoms with Crippen LogP contribution in [0.3, 0.4) is 0 Å². The maximum absolute atomic E-state index is 12.5. The average Bonchev–Trinajstić information content (AvgIpc) is 2.97. The van der Waals surface area contributed by atoms with Crippen molar-refractivity contribution in [2.45, 2.75) is 49.7 Å². The molecule has 0 radical (unpaired) electrons. The summed E-state index contributed by atoms with van der Waals surface area (Å²) in [5.41, 5.74) is 5.23. The molecule has 1 fully saturated rings. The van der Waals surface area contributed by atoms with Gasteiger partial charge in [0.1, 0.15) is 5.82 Å². The summed E-state index contributed by atoms with van der Waals surface area (Å²) in [7, 11) is -3.55. The molecule has 1 aliphatic carbocycles. The monoisotopic (exact) mass is 284 g/mol. The van der Waals surface area contributed by atoms with Crippen LogP contribution in [0.4, 0.5) is 0 Å². The third-order valence-corrected chi connectivity index (χ3v) is 5.84. The van der Waals surface area contributed by atoms with Gasteiger partial charge in [0.25, 0.3) is 10.0 Å². The smallest absolute Gasteiger partial charge is 0.258 e. The summed E-state index contributed by atoms with van der Waals surface area (Å²) < 4.78 is 29.7. The zero-order valence-electron chi connectivity index (χ0n) is 11.1. The van der Waals surface area contributed by atoms with Gasteiger partial charge in [-0.2, -0.15) is 0 Å². The molecular formula is C12H20N4O2S. The van der Waals surface area contributed by atoms with E-state index in [2.05, 4.69) is 9.71 Å². The number of rotatable bonds is 5. The highest BCUT2D eigenvalue weighted by atomic mass is 32.2. The normalized spacial score (nSPS) is 22.2. The Morgan fingerprint density at radius 1 is 1.58 bits per heavy atom. The molecule has 1 aromatic heterocycles. The number of nitrogens with two attached hydrogens (primary N) is 1. The second-order valence-corrected chi connectivity index (χ2v) is 7.40. The molecule has 1 saturated carbocycles. The molecule has 1 aliphatic heterocycles. The van der Waals surface area contributed by atoms with Gasteiger partial charge in [-0.3, -0.25) is 0 Å². The average molecular weight is 284 g/mol. The third kappa shape index (κ3) is 2.19. The van der Waals surface area contributed by atoms with Gasteiger partial charge in [0.2, 0.25) is 0 Å². The Morgan fingerprint density at radius 2 is 2.32 bits per heavy atom. The number of fused-ring (bicyclic) bond motifs is 1. The molecule has 6 nitrogen and oxygen atoms in total. The Balaban J connectivity index is 1.90. The van der Waals surface area contributed by atoms with Crippen molar-refractivity contribution in [3.05, 3.63) is 12.0 Å². The predicted molar refractivity (Wildman–Crippen MR) is 71.1 cm³/mol. The van der Waals surface area contributed by atoms with Crippen molar-refractivity contribution in [1.82, 2.24) is 14.3 Å². The predicted octanol–water partition coefficient (Wildman–Crippen LogP) is 0.235. The van der Waals surface area contributed by atoms with Crippen molar-refractivity contribution >= 4 is 10.0 Å². The lowest BCUT2D eigenvalue weighted by atomic mass is 9.98. The molecule has 2 aliphatic rings. The lowest BCUT2D eigenvalue weighted by Crippen LogP contribution is -2.53. The minimum Gasteiger partial charge on any atom is -0.329 e. The molecule has 7 heteroatoms. The van der Waals surface area contributed by atoms with Crippen LogP contribution in [0.25, 0.3) is 0 Å². The molecule has 106 valence electrons. The molecule has 1 atom stereocenters. The number of nitrogens with one attached hydrogen (secondary N) is 1. The Hall–Kier alpha value is -0.920. The van der Waals surface area contributed by atoms with Crippen LogP contribution in [0.1, 0.15) is 32.0 Å². The van der Waals surface area contributed by atoms with Crippen LogP contribution in [0.5, 0.6) is 0 Å². The summed E-state index contributed by atoms with van der Waals surface area (Å²) in [6.45, 7) is 2.94. The van der Waals surface area contributed by atoms with E-state index < -0.39 is 15.6 Å². The van der Waals surface area contributed by atoms with Crippen LogP contribution in [-0.2, 0) is 23.0 Å². The molecule has 3 N–H and O–H groups in total. The van der Waals surface area contributed by atoms with E-state index in [-0.39, 0.29) is 5.03 Å². The first-order valence-corrected chi connectivity index (χ1v) is 8.23. The van der Waals surface area contributed by atoms with E-state index in [1.807, 2.05) is 6.92 Å². The fourth-order valence-electron chi connectivity index (χ4n) is 2.82. The van der Waals surface area contributed by atoms with E-state index in [9.17, 15) is 8.42 Å². The number of nitrogens with zero attached hydrogens (tertiary/aromatic N) is 2. The Labute approximate surface area is 113 Å². The highest BCUT2D eigenvalue weighted by Gasteiger charge is 2.44. The largest absolute Gasteiger partial charge is 0.329 e. The Bertz CT molecular complexity index is 591. The van der Waals surface area contributed by atoms with Crippen molar-refractivity contribution in [1.29, 1.82) is 0 Å². The van der Waals surface area contributed by atoms with E-state index in [4.69, 9.17) is 5.73 Å². The van der Waals surface area contributed by atoms with E-state index in [1.54, 1.807) is 4.57 Å². The summed E-state index contributed by atoms with van der Waals surface area (Å²) in [4.78, 5) is 4.19. The zero-order valence-corrected chi connectivity index (χ0v) is 11.9. The zero-order chi connectivity index (χ0) is 13.7. The first kappa shape index (κ1) is 13.1. The number of hydrogen-bond acceptors (Lipinski definition) is 4. The van der Waals surface area contributed by atoms with Crippen LogP contribution in [0.2, 0.25) is 0 Å². The van der Waals surface area contributed by atoms with Crippen LogP contribution in [-0.4, -0.2) is 30.1 Å². The number of aryl methyl sites for hydroxylation is 1. The van der Waals surface area contributed by atoms with E-state index in [0.717, 1.165) is 38.1 Å². The summed E-state index contributed by atoms with van der Waals surface area (Å²) in [6.07, 6.45) is 5.36. The van der Waals surface area contributed by atoms with Crippen molar-refractivity contribution < 1.29 is 8.42 Å². The maximum atomic E-state index is 12.5. The molecule has 1 unspecified atom stereocenters.